The minimum Gasteiger partial charge on any atom is -0.497 e. The molecule has 2 aromatic carbocycles. The van der Waals surface area contributed by atoms with E-state index in [0.29, 0.717) is 5.11 Å². The predicted octanol–water partition coefficient (Wildman–Crippen LogP) is 5.62. The topological polar surface area (TPSA) is 42.3 Å². The molecule has 0 unspecified atom stereocenters. The SMILES string of the molecule is CCc1ccc(N2C(=S)N[C@H](c3ccccn3)[C@@H]2c2cccn2-c2ccc(OC)cc2)cc1. The Labute approximate surface area is 199 Å². The van der Waals surface area contributed by atoms with E-state index >= 15 is 0 Å². The number of benzene rings is 2. The normalized spacial score (nSPS) is 17.8. The number of methoxy groups -OCH3 is 1. The third-order valence-electron chi connectivity index (χ3n) is 6.15. The van der Waals surface area contributed by atoms with Crippen LogP contribution in [0.3, 0.4) is 0 Å². The second-order valence-corrected chi connectivity index (χ2v) is 8.40. The maximum absolute atomic E-state index is 5.87. The van der Waals surface area contributed by atoms with Crippen LogP contribution in [0.5, 0.6) is 5.75 Å². The summed E-state index contributed by atoms with van der Waals surface area (Å²) in [6, 6.07) is 26.8. The third-order valence-corrected chi connectivity index (χ3v) is 6.47. The van der Waals surface area contributed by atoms with Crippen LogP contribution >= 0.6 is 12.2 Å². The zero-order valence-corrected chi connectivity index (χ0v) is 19.5. The fraction of sp³-hybridized carbons (Fsp3) is 0.185. The summed E-state index contributed by atoms with van der Waals surface area (Å²) in [6.45, 7) is 2.17. The van der Waals surface area contributed by atoms with Crippen LogP contribution in [0.4, 0.5) is 5.69 Å². The van der Waals surface area contributed by atoms with Crippen molar-refractivity contribution in [2.75, 3.05) is 12.0 Å². The molecule has 0 aliphatic carbocycles. The number of nitrogens with one attached hydrogen (secondary N) is 1. The van der Waals surface area contributed by atoms with Crippen LogP contribution in [0.1, 0.15) is 36.0 Å². The maximum atomic E-state index is 5.87. The van der Waals surface area contributed by atoms with E-state index in [9.17, 15) is 0 Å². The van der Waals surface area contributed by atoms with Gasteiger partial charge in [-0.15, -0.1) is 0 Å². The summed E-state index contributed by atoms with van der Waals surface area (Å²) < 4.78 is 7.56. The smallest absolute Gasteiger partial charge is 0.174 e. The molecule has 5 rings (SSSR count). The molecule has 33 heavy (non-hydrogen) atoms. The van der Waals surface area contributed by atoms with Gasteiger partial charge in [-0.05, 0) is 84.9 Å². The Balaban J connectivity index is 1.62. The zero-order valence-electron chi connectivity index (χ0n) is 18.7. The van der Waals surface area contributed by atoms with E-state index in [4.69, 9.17) is 17.0 Å². The van der Waals surface area contributed by atoms with Crippen LogP contribution < -0.4 is 15.0 Å². The van der Waals surface area contributed by atoms with E-state index in [-0.39, 0.29) is 12.1 Å². The van der Waals surface area contributed by atoms with Gasteiger partial charge in [-0.2, -0.15) is 0 Å². The quantitative estimate of drug-likeness (QED) is 0.383. The van der Waals surface area contributed by atoms with E-state index in [0.717, 1.165) is 34.9 Å². The number of hydrogen-bond acceptors (Lipinski definition) is 3. The molecule has 2 aromatic heterocycles. The van der Waals surface area contributed by atoms with Gasteiger partial charge in [0.2, 0.25) is 0 Å². The van der Waals surface area contributed by atoms with Crippen LogP contribution in [-0.4, -0.2) is 21.8 Å². The van der Waals surface area contributed by atoms with Crippen LogP contribution in [0.25, 0.3) is 5.69 Å². The van der Waals surface area contributed by atoms with Crippen molar-refractivity contribution in [3.8, 4) is 11.4 Å². The number of hydrogen-bond donors (Lipinski definition) is 1. The summed E-state index contributed by atoms with van der Waals surface area (Å²) in [5.74, 6) is 0.833. The Kier molecular flexibility index (Phi) is 5.84. The van der Waals surface area contributed by atoms with E-state index in [1.807, 2.05) is 30.5 Å². The number of thiocarbonyl (C=S) groups is 1. The predicted molar refractivity (Wildman–Crippen MR) is 136 cm³/mol. The third kappa shape index (κ3) is 3.98. The van der Waals surface area contributed by atoms with Gasteiger partial charge in [-0.25, -0.2) is 0 Å². The molecule has 5 nitrogen and oxygen atoms in total. The van der Waals surface area contributed by atoms with Gasteiger partial charge < -0.3 is 19.5 Å². The van der Waals surface area contributed by atoms with E-state index in [1.54, 1.807) is 7.11 Å². The lowest BCUT2D eigenvalue weighted by Gasteiger charge is -2.29. The van der Waals surface area contributed by atoms with E-state index in [1.165, 1.54) is 5.56 Å². The van der Waals surface area contributed by atoms with Gasteiger partial charge >= 0.3 is 0 Å². The summed E-state index contributed by atoms with van der Waals surface area (Å²) in [6.07, 6.45) is 4.92. The van der Waals surface area contributed by atoms with Crippen molar-refractivity contribution in [2.45, 2.75) is 25.4 Å². The van der Waals surface area contributed by atoms with Gasteiger partial charge in [0.05, 0.1) is 18.8 Å². The highest BCUT2D eigenvalue weighted by Crippen LogP contribution is 2.42. The number of anilines is 1. The van der Waals surface area contributed by atoms with Crippen molar-refractivity contribution in [3.05, 3.63) is 108 Å². The van der Waals surface area contributed by atoms with Gasteiger partial charge in [-0.1, -0.05) is 25.1 Å². The molecule has 1 fully saturated rings. The number of rotatable bonds is 6. The molecule has 0 amide bonds. The molecule has 0 saturated carbocycles. The average Bonchev–Trinajstić information content (AvgIpc) is 3.49. The molecule has 2 atom stereocenters. The van der Waals surface area contributed by atoms with Crippen molar-refractivity contribution in [1.82, 2.24) is 14.9 Å². The first-order valence-electron chi connectivity index (χ1n) is 11.1. The van der Waals surface area contributed by atoms with Crippen molar-refractivity contribution in [1.29, 1.82) is 0 Å². The first kappa shape index (κ1) is 21.2. The van der Waals surface area contributed by atoms with Crippen LogP contribution in [-0.2, 0) is 6.42 Å². The van der Waals surface area contributed by atoms with Crippen molar-refractivity contribution in [3.63, 3.8) is 0 Å². The minimum absolute atomic E-state index is 0.0722. The number of ether oxygens (including phenoxy) is 1. The zero-order chi connectivity index (χ0) is 22.8. The molecular weight excluding hydrogens is 428 g/mol. The van der Waals surface area contributed by atoms with Gasteiger partial charge in [-0.3, -0.25) is 4.98 Å². The molecule has 1 aliphatic heterocycles. The molecule has 3 heterocycles. The van der Waals surface area contributed by atoms with Crippen molar-refractivity contribution >= 4 is 23.0 Å². The maximum Gasteiger partial charge on any atom is 0.174 e. The number of pyridine rings is 1. The van der Waals surface area contributed by atoms with Crippen LogP contribution in [0, 0.1) is 0 Å². The highest BCUT2D eigenvalue weighted by atomic mass is 32.1. The standard InChI is InChI=1S/C27H26N4OS/c1-3-19-9-11-21(12-10-19)31-26(25(29-27(31)33)23-7-4-5-17-28-23)24-8-6-18-30(24)20-13-15-22(32-2)16-14-20/h4-18,25-26H,3H2,1-2H3,(H,29,33)/t25-,26+/m1/s1. The van der Waals surface area contributed by atoms with E-state index in [2.05, 4.69) is 87.5 Å². The Morgan fingerprint density at radius 2 is 1.70 bits per heavy atom. The molecule has 1 N–H and O–H groups in total. The lowest BCUT2D eigenvalue weighted by Crippen LogP contribution is -2.30. The Morgan fingerprint density at radius 3 is 2.36 bits per heavy atom. The number of aryl methyl sites for hydroxylation is 1. The fourth-order valence-corrected chi connectivity index (χ4v) is 4.78. The molecule has 4 aromatic rings. The molecule has 166 valence electrons. The summed E-state index contributed by atoms with van der Waals surface area (Å²) in [5.41, 5.74) is 5.52. The second kappa shape index (κ2) is 9.08. The lowest BCUT2D eigenvalue weighted by molar-refractivity contribution is 0.414. The van der Waals surface area contributed by atoms with Gasteiger partial charge in [0.15, 0.2) is 5.11 Å². The monoisotopic (exact) mass is 454 g/mol. The van der Waals surface area contributed by atoms with Gasteiger partial charge in [0.25, 0.3) is 0 Å². The lowest BCUT2D eigenvalue weighted by atomic mass is 10.0. The highest BCUT2D eigenvalue weighted by Gasteiger charge is 2.42. The van der Waals surface area contributed by atoms with Gasteiger partial charge in [0, 0.05) is 29.5 Å². The van der Waals surface area contributed by atoms with Gasteiger partial charge in [0.1, 0.15) is 11.8 Å². The Morgan fingerprint density at radius 1 is 0.939 bits per heavy atom. The number of nitrogens with zero attached hydrogens (tertiary/aromatic N) is 3. The van der Waals surface area contributed by atoms with Crippen LogP contribution in [0.2, 0.25) is 0 Å². The summed E-state index contributed by atoms with van der Waals surface area (Å²) >= 11 is 5.87. The molecule has 0 spiro atoms. The molecule has 1 aliphatic rings. The van der Waals surface area contributed by atoms with Crippen molar-refractivity contribution < 1.29 is 4.74 Å². The van der Waals surface area contributed by atoms with Crippen molar-refractivity contribution in [2.24, 2.45) is 0 Å². The average molecular weight is 455 g/mol. The first-order chi connectivity index (χ1) is 16.2. The molecular formula is C27H26N4OS. The highest BCUT2D eigenvalue weighted by molar-refractivity contribution is 7.80. The Bertz CT molecular complexity index is 1240. The summed E-state index contributed by atoms with van der Waals surface area (Å²) in [4.78, 5) is 6.87. The number of aromatic nitrogens is 2. The Hall–Kier alpha value is -3.64. The van der Waals surface area contributed by atoms with Crippen LogP contribution in [0.15, 0.2) is 91.3 Å². The first-order valence-corrected chi connectivity index (χ1v) is 11.5. The largest absolute Gasteiger partial charge is 0.497 e. The molecule has 0 radical (unpaired) electrons. The minimum atomic E-state index is -0.0866. The van der Waals surface area contributed by atoms with E-state index < -0.39 is 0 Å². The fourth-order valence-electron chi connectivity index (χ4n) is 4.44. The molecule has 6 heteroatoms. The molecule has 1 saturated heterocycles. The molecule has 0 bridgehead atoms. The summed E-state index contributed by atoms with van der Waals surface area (Å²) in [5, 5.41) is 4.24. The summed E-state index contributed by atoms with van der Waals surface area (Å²) in [7, 11) is 1.68. The second-order valence-electron chi connectivity index (χ2n) is 8.02.